The number of benzene rings is 2. The maximum Gasteiger partial charge on any atom is 0.349 e. The second-order valence-corrected chi connectivity index (χ2v) is 9.69. The van der Waals surface area contributed by atoms with Gasteiger partial charge in [-0.05, 0) is 34.4 Å². The summed E-state index contributed by atoms with van der Waals surface area (Å²) in [5.74, 6) is -0.794. The van der Waals surface area contributed by atoms with Crippen molar-refractivity contribution in [3.63, 3.8) is 0 Å². The Kier molecular flexibility index (Phi) is 5.59. The van der Waals surface area contributed by atoms with Gasteiger partial charge in [-0.1, -0.05) is 30.3 Å². The average molecular weight is 445 g/mol. The number of thiophene rings is 1. The number of carbonyl (C=O) groups excluding carboxylic acids is 2. The van der Waals surface area contributed by atoms with Crippen LogP contribution in [0.1, 0.15) is 20.0 Å². The van der Waals surface area contributed by atoms with Crippen LogP contribution in [-0.2, 0) is 14.8 Å². The molecule has 156 valence electrons. The van der Waals surface area contributed by atoms with Crippen LogP contribution in [0.25, 0.3) is 10.8 Å². The molecule has 0 spiro atoms. The van der Waals surface area contributed by atoms with Gasteiger partial charge in [0.05, 0.1) is 7.11 Å². The molecule has 1 aliphatic rings. The molecule has 30 heavy (non-hydrogen) atoms. The topological polar surface area (TPSA) is 84.0 Å². The van der Waals surface area contributed by atoms with E-state index in [9.17, 15) is 18.0 Å². The van der Waals surface area contributed by atoms with Gasteiger partial charge < -0.3 is 9.64 Å². The number of methoxy groups -OCH3 is 1. The molecule has 0 radical (unpaired) electrons. The number of carbonyl (C=O) groups is 2. The quantitative estimate of drug-likeness (QED) is 0.578. The second kappa shape index (κ2) is 8.17. The zero-order valence-corrected chi connectivity index (χ0v) is 17.9. The molecule has 0 aliphatic carbocycles. The molecule has 0 unspecified atom stereocenters. The highest BCUT2D eigenvalue weighted by Crippen LogP contribution is 2.27. The zero-order valence-electron chi connectivity index (χ0n) is 16.3. The van der Waals surface area contributed by atoms with Crippen molar-refractivity contribution in [2.24, 2.45) is 0 Å². The SMILES string of the molecule is COC(=O)c1sccc1S(=O)(=O)N1CCN(C(=O)c2ccc3ccccc3c2)CC1. The van der Waals surface area contributed by atoms with Crippen molar-refractivity contribution in [1.82, 2.24) is 9.21 Å². The molecule has 1 amide bonds. The van der Waals surface area contributed by atoms with Crippen molar-refractivity contribution in [1.29, 1.82) is 0 Å². The van der Waals surface area contributed by atoms with E-state index in [0.717, 1.165) is 22.1 Å². The maximum atomic E-state index is 13.0. The molecule has 2 heterocycles. The summed E-state index contributed by atoms with van der Waals surface area (Å²) >= 11 is 1.03. The van der Waals surface area contributed by atoms with Crippen LogP contribution in [0.2, 0.25) is 0 Å². The fraction of sp³-hybridized carbons (Fsp3) is 0.238. The molecule has 0 saturated carbocycles. The largest absolute Gasteiger partial charge is 0.465 e. The summed E-state index contributed by atoms with van der Waals surface area (Å²) in [4.78, 5) is 26.5. The first-order valence-electron chi connectivity index (χ1n) is 9.36. The summed E-state index contributed by atoms with van der Waals surface area (Å²) < 4.78 is 32.0. The zero-order chi connectivity index (χ0) is 21.3. The summed E-state index contributed by atoms with van der Waals surface area (Å²) in [5, 5.41) is 3.60. The van der Waals surface area contributed by atoms with Crippen molar-refractivity contribution in [3.05, 3.63) is 64.4 Å². The number of rotatable bonds is 4. The van der Waals surface area contributed by atoms with Gasteiger partial charge in [0.2, 0.25) is 10.0 Å². The monoisotopic (exact) mass is 444 g/mol. The lowest BCUT2D eigenvalue weighted by molar-refractivity contribution is 0.0602. The maximum absolute atomic E-state index is 13.0. The predicted octanol–water partition coefficient (Wildman–Crippen LogP) is 2.83. The Hall–Kier alpha value is -2.75. The van der Waals surface area contributed by atoms with Gasteiger partial charge in [0, 0.05) is 31.7 Å². The molecule has 7 nitrogen and oxygen atoms in total. The highest BCUT2D eigenvalue weighted by Gasteiger charge is 2.34. The second-order valence-electron chi connectivity index (χ2n) is 6.86. The van der Waals surface area contributed by atoms with Crippen LogP contribution in [0.15, 0.2) is 58.8 Å². The number of amides is 1. The summed E-state index contributed by atoms with van der Waals surface area (Å²) in [7, 11) is -2.62. The van der Waals surface area contributed by atoms with E-state index >= 15 is 0 Å². The van der Waals surface area contributed by atoms with Gasteiger partial charge in [-0.25, -0.2) is 13.2 Å². The van der Waals surface area contributed by atoms with Gasteiger partial charge in [0.1, 0.15) is 9.77 Å². The Morgan fingerprint density at radius 1 is 0.967 bits per heavy atom. The van der Waals surface area contributed by atoms with Gasteiger partial charge in [-0.2, -0.15) is 4.31 Å². The molecule has 1 aromatic heterocycles. The molecule has 1 aliphatic heterocycles. The van der Waals surface area contributed by atoms with E-state index in [1.54, 1.807) is 16.3 Å². The fourth-order valence-corrected chi connectivity index (χ4v) is 6.25. The number of ether oxygens (including phenoxy) is 1. The lowest BCUT2D eigenvalue weighted by Crippen LogP contribution is -2.50. The van der Waals surface area contributed by atoms with Crippen molar-refractivity contribution in [2.75, 3.05) is 33.3 Å². The molecule has 0 atom stereocenters. The Morgan fingerprint density at radius 2 is 1.67 bits per heavy atom. The first kappa shape index (κ1) is 20.5. The number of sulfonamides is 1. The van der Waals surface area contributed by atoms with Crippen molar-refractivity contribution < 1.29 is 22.7 Å². The van der Waals surface area contributed by atoms with Crippen LogP contribution in [0, 0.1) is 0 Å². The van der Waals surface area contributed by atoms with Crippen LogP contribution >= 0.6 is 11.3 Å². The third-order valence-electron chi connectivity index (χ3n) is 5.14. The number of esters is 1. The average Bonchev–Trinajstić information content (AvgIpc) is 3.29. The minimum atomic E-state index is -3.84. The third-order valence-corrected chi connectivity index (χ3v) is 8.10. The predicted molar refractivity (Wildman–Crippen MR) is 114 cm³/mol. The lowest BCUT2D eigenvalue weighted by atomic mass is 10.1. The molecule has 1 fully saturated rings. The number of fused-ring (bicyclic) bond motifs is 1. The Balaban J connectivity index is 1.48. The van der Waals surface area contributed by atoms with Gasteiger partial charge in [-0.3, -0.25) is 4.79 Å². The van der Waals surface area contributed by atoms with Crippen LogP contribution in [0.5, 0.6) is 0 Å². The molecule has 4 rings (SSSR count). The summed E-state index contributed by atoms with van der Waals surface area (Å²) in [6.45, 7) is 0.890. The molecular formula is C21H20N2O5S2. The molecule has 0 N–H and O–H groups in total. The van der Waals surface area contributed by atoms with Crippen molar-refractivity contribution in [3.8, 4) is 0 Å². The summed E-state index contributed by atoms with van der Waals surface area (Å²) in [5.41, 5.74) is 0.579. The Morgan fingerprint density at radius 3 is 2.37 bits per heavy atom. The molecule has 0 bridgehead atoms. The van der Waals surface area contributed by atoms with E-state index in [1.165, 1.54) is 17.5 Å². The number of hydrogen-bond donors (Lipinski definition) is 0. The van der Waals surface area contributed by atoms with Gasteiger partial charge in [0.25, 0.3) is 5.91 Å². The molecule has 2 aromatic carbocycles. The lowest BCUT2D eigenvalue weighted by Gasteiger charge is -2.34. The summed E-state index contributed by atoms with van der Waals surface area (Å²) in [6.07, 6.45) is 0. The van der Waals surface area contributed by atoms with E-state index in [0.29, 0.717) is 5.56 Å². The highest BCUT2D eigenvalue weighted by atomic mass is 32.2. The van der Waals surface area contributed by atoms with Crippen LogP contribution in [-0.4, -0.2) is 62.8 Å². The molecular weight excluding hydrogens is 424 g/mol. The van der Waals surface area contributed by atoms with E-state index in [-0.39, 0.29) is 41.9 Å². The van der Waals surface area contributed by atoms with Crippen molar-refractivity contribution in [2.45, 2.75) is 4.90 Å². The first-order chi connectivity index (χ1) is 14.4. The number of hydrogen-bond acceptors (Lipinski definition) is 6. The van der Waals surface area contributed by atoms with Crippen LogP contribution in [0.4, 0.5) is 0 Å². The minimum absolute atomic E-state index is 0.0475. The Bertz CT molecular complexity index is 1210. The third kappa shape index (κ3) is 3.71. The van der Waals surface area contributed by atoms with E-state index in [4.69, 9.17) is 0 Å². The van der Waals surface area contributed by atoms with Crippen LogP contribution in [0.3, 0.4) is 0 Å². The number of nitrogens with zero attached hydrogens (tertiary/aromatic N) is 2. The van der Waals surface area contributed by atoms with Gasteiger partial charge in [-0.15, -0.1) is 11.3 Å². The van der Waals surface area contributed by atoms with Gasteiger partial charge in [0.15, 0.2) is 0 Å². The van der Waals surface area contributed by atoms with Crippen molar-refractivity contribution >= 4 is 44.0 Å². The molecule has 3 aromatic rings. The van der Waals surface area contributed by atoms with Gasteiger partial charge >= 0.3 is 5.97 Å². The normalized spacial score (nSPS) is 15.3. The molecule has 1 saturated heterocycles. The fourth-order valence-electron chi connectivity index (χ4n) is 3.52. The minimum Gasteiger partial charge on any atom is -0.465 e. The Labute approximate surface area is 178 Å². The van der Waals surface area contributed by atoms with E-state index in [1.807, 2.05) is 36.4 Å². The van der Waals surface area contributed by atoms with E-state index < -0.39 is 16.0 Å². The highest BCUT2D eigenvalue weighted by molar-refractivity contribution is 7.89. The van der Waals surface area contributed by atoms with E-state index in [2.05, 4.69) is 4.74 Å². The molecule has 9 heteroatoms. The first-order valence-corrected chi connectivity index (χ1v) is 11.7. The standard InChI is InChI=1S/C21H20N2O5S2/c1-28-21(25)19-18(8-13-29-19)30(26,27)23-11-9-22(10-12-23)20(24)17-7-6-15-4-2-3-5-16(15)14-17/h2-8,13-14H,9-12H2,1H3. The summed E-state index contributed by atoms with van der Waals surface area (Å²) in [6, 6.07) is 14.8. The smallest absolute Gasteiger partial charge is 0.349 e. The van der Waals surface area contributed by atoms with Crippen LogP contribution < -0.4 is 0 Å². The number of piperazine rings is 1.